The van der Waals surface area contributed by atoms with E-state index in [2.05, 4.69) is 10.2 Å². The van der Waals surface area contributed by atoms with Crippen molar-refractivity contribution < 1.29 is 23.9 Å². The van der Waals surface area contributed by atoms with Crippen LogP contribution in [0.2, 0.25) is 0 Å². The van der Waals surface area contributed by atoms with E-state index in [4.69, 9.17) is 21.7 Å². The fraction of sp³-hybridized carbons (Fsp3) is 0.357. The molecule has 0 saturated carbocycles. The van der Waals surface area contributed by atoms with Gasteiger partial charge in [-0.15, -0.1) is 0 Å². The monoisotopic (exact) mass is 504 g/mol. The number of hydrogen-bond donors (Lipinski definition) is 0. The number of nitrogens with zero attached hydrogens (tertiary/aromatic N) is 2. The third kappa shape index (κ3) is 4.74. The smallest absolute Gasteiger partial charge is 0.421 e. The summed E-state index contributed by atoms with van der Waals surface area (Å²) < 4.78 is 11.3. The SMILES string of the molecule is Cc1ccc2c(c1)[C@]1(C=C[C@H](N=C=S)C[C@H]1C(=O)OC(C)(C)C)C(=O)N2C(=O)OCc1ccccc1. The van der Waals surface area contributed by atoms with Gasteiger partial charge in [0.1, 0.15) is 17.6 Å². The summed E-state index contributed by atoms with van der Waals surface area (Å²) in [4.78, 5) is 46.1. The van der Waals surface area contributed by atoms with E-state index in [1.54, 1.807) is 39.0 Å². The molecule has 1 spiro atoms. The number of esters is 1. The number of amides is 2. The second-order valence-corrected chi connectivity index (χ2v) is 10.2. The number of rotatable bonds is 4. The summed E-state index contributed by atoms with van der Waals surface area (Å²) in [5, 5.41) is 2.36. The molecule has 1 aliphatic heterocycles. The van der Waals surface area contributed by atoms with E-state index in [-0.39, 0.29) is 13.0 Å². The van der Waals surface area contributed by atoms with Gasteiger partial charge in [0.05, 0.1) is 22.8 Å². The van der Waals surface area contributed by atoms with Crippen LogP contribution in [-0.2, 0) is 31.1 Å². The van der Waals surface area contributed by atoms with Crippen molar-refractivity contribution in [3.63, 3.8) is 0 Å². The predicted molar refractivity (Wildman–Crippen MR) is 139 cm³/mol. The Morgan fingerprint density at radius 1 is 1.19 bits per heavy atom. The molecule has 2 aromatic carbocycles. The molecule has 2 aliphatic rings. The Labute approximate surface area is 215 Å². The standard InChI is InChI=1S/C28H28N2O5S/c1-18-10-11-23-21(14-18)28(25(32)30(23)26(33)34-16-19-8-6-5-7-9-19)13-12-20(29-17-36)15-22(28)24(31)35-27(2,3)4/h5-14,20,22H,15-16H2,1-4H3/t20-,22-,28-/m0/s1. The van der Waals surface area contributed by atoms with Crippen molar-refractivity contribution >= 4 is 41.0 Å². The van der Waals surface area contributed by atoms with E-state index in [1.807, 2.05) is 49.4 Å². The fourth-order valence-electron chi connectivity index (χ4n) is 4.75. The van der Waals surface area contributed by atoms with Crippen LogP contribution in [0, 0.1) is 12.8 Å². The van der Waals surface area contributed by atoms with Gasteiger partial charge in [-0.05, 0) is 63.5 Å². The number of carbonyl (C=O) groups excluding carboxylic acids is 3. The molecular weight excluding hydrogens is 476 g/mol. The summed E-state index contributed by atoms with van der Waals surface area (Å²) in [6, 6.07) is 14.1. The Kier molecular flexibility index (Phi) is 6.94. The highest BCUT2D eigenvalue weighted by Crippen LogP contribution is 2.52. The minimum Gasteiger partial charge on any atom is -0.460 e. The summed E-state index contributed by atoms with van der Waals surface area (Å²) in [7, 11) is 0. The lowest BCUT2D eigenvalue weighted by molar-refractivity contribution is -0.164. The molecule has 3 atom stereocenters. The molecule has 2 aromatic rings. The van der Waals surface area contributed by atoms with Crippen molar-refractivity contribution in [3.05, 3.63) is 77.4 Å². The number of fused-ring (bicyclic) bond motifs is 2. The van der Waals surface area contributed by atoms with Crippen molar-refractivity contribution in [3.8, 4) is 0 Å². The predicted octanol–water partition coefficient (Wildman–Crippen LogP) is 5.31. The quantitative estimate of drug-likeness (QED) is 0.243. The van der Waals surface area contributed by atoms with Crippen LogP contribution in [0.5, 0.6) is 0 Å². The number of aryl methyl sites for hydroxylation is 1. The minimum absolute atomic E-state index is 0.00837. The molecule has 7 nitrogen and oxygen atoms in total. The van der Waals surface area contributed by atoms with Gasteiger partial charge in [-0.2, -0.15) is 0 Å². The number of anilines is 1. The Hall–Kier alpha value is -3.61. The maximum Gasteiger partial charge on any atom is 0.421 e. The molecular formula is C28H28N2O5S. The zero-order chi connectivity index (χ0) is 26.1. The molecule has 8 heteroatoms. The highest BCUT2D eigenvalue weighted by atomic mass is 32.1. The van der Waals surface area contributed by atoms with Gasteiger partial charge in [0, 0.05) is 0 Å². The van der Waals surface area contributed by atoms with Crippen molar-refractivity contribution in [2.24, 2.45) is 10.9 Å². The highest BCUT2D eigenvalue weighted by Gasteiger charge is 2.60. The largest absolute Gasteiger partial charge is 0.460 e. The number of thiocarbonyl (C=S) groups is 1. The second-order valence-electron chi connectivity index (χ2n) is 10.0. The van der Waals surface area contributed by atoms with Crippen LogP contribution in [-0.4, -0.2) is 34.8 Å². The lowest BCUT2D eigenvalue weighted by Gasteiger charge is -2.38. The Morgan fingerprint density at radius 2 is 1.92 bits per heavy atom. The number of ether oxygens (including phenoxy) is 2. The molecule has 1 heterocycles. The summed E-state index contributed by atoms with van der Waals surface area (Å²) in [6.07, 6.45) is 2.78. The first-order valence-electron chi connectivity index (χ1n) is 11.7. The molecule has 0 radical (unpaired) electrons. The number of benzene rings is 2. The van der Waals surface area contributed by atoms with Crippen molar-refractivity contribution in [2.45, 2.75) is 57.8 Å². The summed E-state index contributed by atoms with van der Waals surface area (Å²) in [6.45, 7) is 7.21. The van der Waals surface area contributed by atoms with Crippen LogP contribution in [0.1, 0.15) is 43.9 Å². The van der Waals surface area contributed by atoms with Gasteiger partial charge in [0.25, 0.3) is 5.91 Å². The third-order valence-electron chi connectivity index (χ3n) is 6.30. The lowest BCUT2D eigenvalue weighted by atomic mass is 9.65. The number of carbonyl (C=O) groups is 3. The van der Waals surface area contributed by atoms with Gasteiger partial charge in [-0.3, -0.25) is 9.59 Å². The van der Waals surface area contributed by atoms with Crippen LogP contribution in [0.4, 0.5) is 10.5 Å². The van der Waals surface area contributed by atoms with Crippen LogP contribution in [0.3, 0.4) is 0 Å². The summed E-state index contributed by atoms with van der Waals surface area (Å²) >= 11 is 4.77. The van der Waals surface area contributed by atoms with Gasteiger partial charge in [-0.25, -0.2) is 14.7 Å². The van der Waals surface area contributed by atoms with Crippen LogP contribution in [0.15, 0.2) is 65.7 Å². The first kappa shape index (κ1) is 25.5. The number of aliphatic imine (C=N–C) groups is 1. The van der Waals surface area contributed by atoms with Crippen molar-refractivity contribution in [1.82, 2.24) is 0 Å². The molecule has 4 rings (SSSR count). The van der Waals surface area contributed by atoms with Crippen LogP contribution < -0.4 is 4.90 Å². The van der Waals surface area contributed by atoms with E-state index >= 15 is 0 Å². The van der Waals surface area contributed by atoms with Gasteiger partial charge < -0.3 is 9.47 Å². The average Bonchev–Trinajstić information content (AvgIpc) is 3.06. The first-order valence-corrected chi connectivity index (χ1v) is 12.1. The van der Waals surface area contributed by atoms with E-state index in [9.17, 15) is 14.4 Å². The Balaban J connectivity index is 1.79. The van der Waals surface area contributed by atoms with Crippen molar-refractivity contribution in [1.29, 1.82) is 0 Å². The molecule has 0 N–H and O–H groups in total. The maximum atomic E-state index is 14.1. The zero-order valence-electron chi connectivity index (χ0n) is 20.7. The average molecular weight is 505 g/mol. The number of imide groups is 1. The summed E-state index contributed by atoms with van der Waals surface area (Å²) in [5.74, 6) is -2.03. The normalized spacial score (nSPS) is 22.7. The van der Waals surface area contributed by atoms with Gasteiger partial charge >= 0.3 is 12.1 Å². The summed E-state index contributed by atoms with van der Waals surface area (Å²) in [5.41, 5.74) is 0.410. The number of isothiocyanates is 1. The third-order valence-corrected chi connectivity index (χ3v) is 6.41. The molecule has 0 saturated heterocycles. The first-order chi connectivity index (χ1) is 17.1. The van der Waals surface area contributed by atoms with E-state index in [0.29, 0.717) is 11.3 Å². The fourth-order valence-corrected chi connectivity index (χ4v) is 4.89. The molecule has 36 heavy (non-hydrogen) atoms. The van der Waals surface area contributed by atoms with Crippen LogP contribution >= 0.6 is 12.2 Å². The minimum atomic E-state index is -1.44. The topological polar surface area (TPSA) is 85.3 Å². The van der Waals surface area contributed by atoms with E-state index < -0.39 is 40.9 Å². The van der Waals surface area contributed by atoms with Gasteiger partial charge in [-0.1, -0.05) is 60.2 Å². The van der Waals surface area contributed by atoms with Gasteiger partial charge in [0.15, 0.2) is 0 Å². The zero-order valence-corrected chi connectivity index (χ0v) is 21.5. The van der Waals surface area contributed by atoms with E-state index in [0.717, 1.165) is 16.0 Å². The Bertz CT molecular complexity index is 1280. The van der Waals surface area contributed by atoms with E-state index in [1.165, 1.54) is 0 Å². The molecule has 0 aromatic heterocycles. The van der Waals surface area contributed by atoms with Gasteiger partial charge in [0.2, 0.25) is 0 Å². The second kappa shape index (κ2) is 9.80. The van der Waals surface area contributed by atoms with Crippen LogP contribution in [0.25, 0.3) is 0 Å². The van der Waals surface area contributed by atoms with Crippen molar-refractivity contribution in [2.75, 3.05) is 4.90 Å². The molecule has 1 aliphatic carbocycles. The molecule has 0 fully saturated rings. The molecule has 186 valence electrons. The molecule has 0 unspecified atom stereocenters. The highest BCUT2D eigenvalue weighted by molar-refractivity contribution is 7.78. The lowest BCUT2D eigenvalue weighted by Crippen LogP contribution is -2.52. The Morgan fingerprint density at radius 3 is 2.58 bits per heavy atom. The molecule has 2 amide bonds. The number of hydrogen-bond acceptors (Lipinski definition) is 7. The maximum absolute atomic E-state index is 14.1. The molecule has 0 bridgehead atoms.